The van der Waals surface area contributed by atoms with E-state index < -0.39 is 0 Å². The molecular weight excluding hydrogens is 194 g/mol. The van der Waals surface area contributed by atoms with E-state index in [1.54, 1.807) is 11.1 Å². The summed E-state index contributed by atoms with van der Waals surface area (Å²) in [4.78, 5) is 2.64. The van der Waals surface area contributed by atoms with E-state index in [0.717, 1.165) is 6.42 Å². The Bertz CT molecular complexity index is 322. The minimum Gasteiger partial charge on any atom is -0.296 e. The van der Waals surface area contributed by atoms with Crippen LogP contribution in [0, 0.1) is 0 Å². The molecule has 0 spiro atoms. The van der Waals surface area contributed by atoms with Gasteiger partial charge in [-0.25, -0.2) is 0 Å². The average molecular weight is 217 g/mol. The molecule has 0 saturated carbocycles. The third-order valence-electron chi connectivity index (χ3n) is 3.71. The summed E-state index contributed by atoms with van der Waals surface area (Å²) < 4.78 is 0. The largest absolute Gasteiger partial charge is 0.296 e. The van der Waals surface area contributed by atoms with E-state index >= 15 is 0 Å². The van der Waals surface area contributed by atoms with E-state index in [0.29, 0.717) is 6.04 Å². The van der Waals surface area contributed by atoms with Crippen LogP contribution < -0.4 is 0 Å². The monoisotopic (exact) mass is 217 g/mol. The number of rotatable bonds is 3. The molecule has 1 saturated heterocycles. The van der Waals surface area contributed by atoms with Crippen molar-refractivity contribution in [1.82, 2.24) is 4.90 Å². The van der Waals surface area contributed by atoms with Crippen molar-refractivity contribution in [2.75, 3.05) is 13.1 Å². The number of hydrogen-bond donors (Lipinski definition) is 0. The minimum absolute atomic E-state index is 0.676. The molecule has 1 nitrogen and oxygen atoms in total. The standard InChI is InChI=1S/C15H23N/c1-3-8-15-14-10-7-5-6-9-13(14)11-12-16(15)4-2/h5-6,9-10,15H,3-4,7-8,11-12H2,1-2H3. The van der Waals surface area contributed by atoms with Crippen molar-refractivity contribution in [3.05, 3.63) is 35.5 Å². The first-order chi connectivity index (χ1) is 7.86. The van der Waals surface area contributed by atoms with Crippen LogP contribution in [0.1, 0.15) is 39.5 Å². The van der Waals surface area contributed by atoms with Gasteiger partial charge in [-0.05, 0) is 37.0 Å². The zero-order chi connectivity index (χ0) is 11.4. The van der Waals surface area contributed by atoms with Crippen LogP contribution in [0.2, 0.25) is 0 Å². The van der Waals surface area contributed by atoms with Gasteiger partial charge in [0.25, 0.3) is 0 Å². The number of piperidine rings is 1. The van der Waals surface area contributed by atoms with Crippen LogP contribution in [0.3, 0.4) is 0 Å². The predicted octanol–water partition coefficient (Wildman–Crippen LogP) is 3.69. The molecule has 2 aliphatic rings. The Morgan fingerprint density at radius 2 is 2.25 bits per heavy atom. The topological polar surface area (TPSA) is 3.24 Å². The number of nitrogens with zero attached hydrogens (tertiary/aromatic N) is 1. The van der Waals surface area contributed by atoms with E-state index in [2.05, 4.69) is 43.1 Å². The molecule has 16 heavy (non-hydrogen) atoms. The smallest absolute Gasteiger partial charge is 0.0347 e. The molecule has 2 rings (SSSR count). The summed E-state index contributed by atoms with van der Waals surface area (Å²) in [7, 11) is 0. The molecular formula is C15H23N. The van der Waals surface area contributed by atoms with Crippen molar-refractivity contribution in [1.29, 1.82) is 0 Å². The van der Waals surface area contributed by atoms with Gasteiger partial charge in [-0.15, -0.1) is 0 Å². The summed E-state index contributed by atoms with van der Waals surface area (Å²) in [6.07, 6.45) is 14.2. The van der Waals surface area contributed by atoms with Crippen molar-refractivity contribution in [2.24, 2.45) is 0 Å². The molecule has 0 amide bonds. The van der Waals surface area contributed by atoms with Gasteiger partial charge in [0.15, 0.2) is 0 Å². The Balaban J connectivity index is 2.24. The summed E-state index contributed by atoms with van der Waals surface area (Å²) in [5, 5.41) is 0. The van der Waals surface area contributed by atoms with Gasteiger partial charge in [0.1, 0.15) is 0 Å². The summed E-state index contributed by atoms with van der Waals surface area (Å²) in [6, 6.07) is 0.676. The maximum atomic E-state index is 2.64. The first kappa shape index (κ1) is 11.7. The highest BCUT2D eigenvalue weighted by Crippen LogP contribution is 2.32. The summed E-state index contributed by atoms with van der Waals surface area (Å²) in [5.41, 5.74) is 3.19. The molecule has 88 valence electrons. The van der Waals surface area contributed by atoms with Crippen LogP contribution >= 0.6 is 0 Å². The highest BCUT2D eigenvalue weighted by Gasteiger charge is 2.27. The average Bonchev–Trinajstić information content (AvgIpc) is 2.55. The molecule has 0 bridgehead atoms. The fourth-order valence-electron chi connectivity index (χ4n) is 2.87. The second-order valence-electron chi connectivity index (χ2n) is 4.70. The SMILES string of the molecule is CCCC1C2=CCC=CC=C2CCN1CC. The van der Waals surface area contributed by atoms with Gasteiger partial charge in [0.2, 0.25) is 0 Å². The molecule has 1 heteroatoms. The number of allylic oxidation sites excluding steroid dienone is 4. The molecule has 0 aromatic rings. The number of likely N-dealkylation sites (N-methyl/N-ethyl adjacent to an activating group) is 1. The molecule has 1 heterocycles. The third-order valence-corrected chi connectivity index (χ3v) is 3.71. The number of fused-ring (bicyclic) bond motifs is 1. The van der Waals surface area contributed by atoms with Crippen LogP contribution in [0.4, 0.5) is 0 Å². The lowest BCUT2D eigenvalue weighted by molar-refractivity contribution is 0.208. The molecule has 1 aliphatic carbocycles. The van der Waals surface area contributed by atoms with E-state index in [1.807, 2.05) is 0 Å². The van der Waals surface area contributed by atoms with Gasteiger partial charge >= 0.3 is 0 Å². The van der Waals surface area contributed by atoms with Crippen molar-refractivity contribution in [3.8, 4) is 0 Å². The predicted molar refractivity (Wildman–Crippen MR) is 70.5 cm³/mol. The molecule has 1 atom stereocenters. The van der Waals surface area contributed by atoms with Gasteiger partial charge in [0, 0.05) is 12.6 Å². The van der Waals surface area contributed by atoms with Gasteiger partial charge in [-0.1, -0.05) is 44.6 Å². The van der Waals surface area contributed by atoms with E-state index in [-0.39, 0.29) is 0 Å². The minimum atomic E-state index is 0.676. The van der Waals surface area contributed by atoms with Crippen molar-refractivity contribution in [2.45, 2.75) is 45.6 Å². The lowest BCUT2D eigenvalue weighted by Gasteiger charge is -2.38. The van der Waals surface area contributed by atoms with Gasteiger partial charge in [-0.2, -0.15) is 0 Å². The molecule has 0 aromatic heterocycles. The van der Waals surface area contributed by atoms with Crippen LogP contribution in [0.15, 0.2) is 35.5 Å². The van der Waals surface area contributed by atoms with Crippen molar-refractivity contribution < 1.29 is 0 Å². The van der Waals surface area contributed by atoms with Crippen LogP contribution in [-0.2, 0) is 0 Å². The highest BCUT2D eigenvalue weighted by atomic mass is 15.2. The maximum absolute atomic E-state index is 2.64. The Hall–Kier alpha value is -0.820. The summed E-state index contributed by atoms with van der Waals surface area (Å²) >= 11 is 0. The highest BCUT2D eigenvalue weighted by molar-refractivity contribution is 5.41. The zero-order valence-electron chi connectivity index (χ0n) is 10.6. The van der Waals surface area contributed by atoms with Crippen LogP contribution in [0.25, 0.3) is 0 Å². The zero-order valence-corrected chi connectivity index (χ0v) is 10.6. The van der Waals surface area contributed by atoms with Crippen molar-refractivity contribution in [3.63, 3.8) is 0 Å². The first-order valence-corrected chi connectivity index (χ1v) is 6.67. The van der Waals surface area contributed by atoms with Gasteiger partial charge < -0.3 is 0 Å². The normalized spacial score (nSPS) is 25.8. The van der Waals surface area contributed by atoms with E-state index in [4.69, 9.17) is 0 Å². The summed E-state index contributed by atoms with van der Waals surface area (Å²) in [5.74, 6) is 0. The number of likely N-dealkylation sites (tertiary alicyclic amines) is 1. The lowest BCUT2D eigenvalue weighted by atomic mass is 9.87. The van der Waals surface area contributed by atoms with Crippen LogP contribution in [-0.4, -0.2) is 24.0 Å². The van der Waals surface area contributed by atoms with Gasteiger partial charge in [0.05, 0.1) is 0 Å². The molecule has 1 fully saturated rings. The maximum Gasteiger partial charge on any atom is 0.0347 e. The summed E-state index contributed by atoms with van der Waals surface area (Å²) in [6.45, 7) is 7.00. The molecule has 0 N–H and O–H groups in total. The quantitative estimate of drug-likeness (QED) is 0.697. The Kier molecular flexibility index (Phi) is 4.00. The number of hydrogen-bond acceptors (Lipinski definition) is 1. The Labute approximate surface area is 99.5 Å². The lowest BCUT2D eigenvalue weighted by Crippen LogP contribution is -2.41. The fraction of sp³-hybridized carbons (Fsp3) is 0.600. The molecule has 1 unspecified atom stereocenters. The fourth-order valence-corrected chi connectivity index (χ4v) is 2.87. The Morgan fingerprint density at radius 1 is 1.38 bits per heavy atom. The second kappa shape index (κ2) is 5.49. The Morgan fingerprint density at radius 3 is 3.00 bits per heavy atom. The molecule has 1 aliphatic heterocycles. The molecule has 0 aromatic carbocycles. The second-order valence-corrected chi connectivity index (χ2v) is 4.70. The van der Waals surface area contributed by atoms with Crippen molar-refractivity contribution >= 4 is 0 Å². The van der Waals surface area contributed by atoms with E-state index in [9.17, 15) is 0 Å². The molecule has 0 radical (unpaired) electrons. The van der Waals surface area contributed by atoms with Crippen LogP contribution in [0.5, 0.6) is 0 Å². The van der Waals surface area contributed by atoms with E-state index in [1.165, 1.54) is 32.4 Å². The van der Waals surface area contributed by atoms with Gasteiger partial charge in [-0.3, -0.25) is 4.90 Å². The third kappa shape index (κ3) is 2.30. The first-order valence-electron chi connectivity index (χ1n) is 6.67.